The van der Waals surface area contributed by atoms with Gasteiger partial charge in [-0.3, -0.25) is 4.99 Å². The van der Waals surface area contributed by atoms with E-state index >= 15 is 0 Å². The van der Waals surface area contributed by atoms with Gasteiger partial charge in [-0.25, -0.2) is 0 Å². The molecule has 1 unspecified atom stereocenters. The predicted molar refractivity (Wildman–Crippen MR) is 97.9 cm³/mol. The van der Waals surface area contributed by atoms with Gasteiger partial charge in [0.15, 0.2) is 23.0 Å². The second-order valence-corrected chi connectivity index (χ2v) is 6.84. The van der Waals surface area contributed by atoms with E-state index in [4.69, 9.17) is 23.9 Å². The van der Waals surface area contributed by atoms with Crippen molar-refractivity contribution < 1.29 is 18.9 Å². The molecule has 3 aliphatic heterocycles. The highest BCUT2D eigenvalue weighted by molar-refractivity contribution is 5.86. The van der Waals surface area contributed by atoms with Crippen LogP contribution in [0.1, 0.15) is 31.0 Å². The van der Waals surface area contributed by atoms with Gasteiger partial charge in [0.1, 0.15) is 19.3 Å². The highest BCUT2D eigenvalue weighted by atomic mass is 16.7. The van der Waals surface area contributed by atoms with Crippen LogP contribution in [0.2, 0.25) is 0 Å². The molecule has 0 bridgehead atoms. The van der Waals surface area contributed by atoms with E-state index in [0.717, 1.165) is 39.8 Å². The summed E-state index contributed by atoms with van der Waals surface area (Å²) in [4.78, 5) is 6.98. The maximum Gasteiger partial charge on any atom is 0.231 e. The van der Waals surface area contributed by atoms with Gasteiger partial charge in [-0.1, -0.05) is 6.07 Å². The molecule has 2 aromatic rings. The molecule has 0 radical (unpaired) electrons. The Morgan fingerprint density at radius 3 is 2.46 bits per heavy atom. The van der Waals surface area contributed by atoms with E-state index in [0.29, 0.717) is 19.3 Å². The summed E-state index contributed by atoms with van der Waals surface area (Å²) in [5.74, 6) is 3.12. The fourth-order valence-electron chi connectivity index (χ4n) is 3.58. The zero-order chi connectivity index (χ0) is 17.7. The molecule has 1 atom stereocenters. The Morgan fingerprint density at radius 1 is 0.923 bits per heavy atom. The van der Waals surface area contributed by atoms with Crippen LogP contribution in [0.5, 0.6) is 23.0 Å². The Kier molecular flexibility index (Phi) is 3.45. The number of rotatable bonds is 2. The first-order valence-electron chi connectivity index (χ1n) is 8.85. The van der Waals surface area contributed by atoms with Crippen molar-refractivity contribution in [1.29, 1.82) is 0 Å². The third-order valence-electron chi connectivity index (χ3n) is 4.87. The lowest BCUT2D eigenvalue weighted by atomic mass is 9.94. The van der Waals surface area contributed by atoms with Crippen molar-refractivity contribution in [3.63, 3.8) is 0 Å². The van der Waals surface area contributed by atoms with E-state index < -0.39 is 0 Å². The van der Waals surface area contributed by atoms with Gasteiger partial charge < -0.3 is 23.8 Å². The number of nitrogens with zero attached hydrogens (tertiary/aromatic N) is 2. The molecule has 0 amide bonds. The zero-order valence-electron chi connectivity index (χ0n) is 14.8. The van der Waals surface area contributed by atoms with Crippen molar-refractivity contribution in [3.8, 4) is 23.0 Å². The van der Waals surface area contributed by atoms with Gasteiger partial charge in [0.25, 0.3) is 0 Å². The average Bonchev–Trinajstić information content (AvgIpc) is 3.12. The number of ether oxygens (including phenoxy) is 4. The molecule has 5 rings (SSSR count). The van der Waals surface area contributed by atoms with Crippen LogP contribution < -0.4 is 23.8 Å². The minimum Gasteiger partial charge on any atom is -0.486 e. The molecule has 0 saturated carbocycles. The van der Waals surface area contributed by atoms with Gasteiger partial charge >= 0.3 is 0 Å². The summed E-state index contributed by atoms with van der Waals surface area (Å²) in [5, 5.41) is 0. The maximum atomic E-state index is 5.74. The number of anilines is 1. The molecule has 134 valence electrons. The largest absolute Gasteiger partial charge is 0.486 e. The molecule has 6 heteroatoms. The molecule has 0 aliphatic carbocycles. The minimum absolute atomic E-state index is 0.120. The summed E-state index contributed by atoms with van der Waals surface area (Å²) in [7, 11) is 0. The second kappa shape index (κ2) is 5.83. The zero-order valence-corrected chi connectivity index (χ0v) is 14.8. The molecule has 26 heavy (non-hydrogen) atoms. The highest BCUT2D eigenvalue weighted by Crippen LogP contribution is 2.46. The van der Waals surface area contributed by atoms with Crippen LogP contribution in [0.3, 0.4) is 0 Å². The summed E-state index contributed by atoms with van der Waals surface area (Å²) < 4.78 is 22.6. The first-order chi connectivity index (χ1) is 12.7. The van der Waals surface area contributed by atoms with Crippen LogP contribution in [0.4, 0.5) is 5.69 Å². The van der Waals surface area contributed by atoms with E-state index in [9.17, 15) is 0 Å². The quantitative estimate of drug-likeness (QED) is 0.828. The summed E-state index contributed by atoms with van der Waals surface area (Å²) >= 11 is 0. The van der Waals surface area contributed by atoms with Crippen molar-refractivity contribution in [2.75, 3.05) is 24.9 Å². The first-order valence-corrected chi connectivity index (χ1v) is 8.85. The average molecular weight is 352 g/mol. The third kappa shape index (κ3) is 2.36. The number of fused-ring (bicyclic) bond motifs is 3. The summed E-state index contributed by atoms with van der Waals surface area (Å²) in [6.07, 6.45) is 1.91. The molecule has 3 heterocycles. The SMILES string of the molecule is CC(C)N1C=NC(c2ccc3c(c2)OCCO3)c2cc3c(cc21)OCO3. The van der Waals surface area contributed by atoms with E-state index in [1.807, 2.05) is 30.6 Å². The summed E-state index contributed by atoms with van der Waals surface area (Å²) in [6, 6.07) is 10.3. The lowest BCUT2D eigenvalue weighted by molar-refractivity contribution is 0.171. The number of hydrogen-bond donors (Lipinski definition) is 0. The van der Waals surface area contributed by atoms with Gasteiger partial charge in [-0.15, -0.1) is 0 Å². The Hall–Kier alpha value is -2.89. The summed E-state index contributed by atoms with van der Waals surface area (Å²) in [6.45, 7) is 5.70. The van der Waals surface area contributed by atoms with E-state index in [1.165, 1.54) is 0 Å². The first kappa shape index (κ1) is 15.4. The number of benzene rings is 2. The van der Waals surface area contributed by atoms with Crippen molar-refractivity contribution in [1.82, 2.24) is 0 Å². The Bertz CT molecular complexity index is 894. The molecule has 0 N–H and O–H groups in total. The molecule has 3 aliphatic rings. The molecule has 0 aromatic heterocycles. The fourth-order valence-corrected chi connectivity index (χ4v) is 3.58. The van der Waals surface area contributed by atoms with Gasteiger partial charge in [-0.05, 0) is 37.6 Å². The van der Waals surface area contributed by atoms with Crippen molar-refractivity contribution in [2.24, 2.45) is 4.99 Å². The Labute approximate surface area is 151 Å². The maximum absolute atomic E-state index is 5.74. The Morgan fingerprint density at radius 2 is 1.65 bits per heavy atom. The molecule has 0 fully saturated rings. The van der Waals surface area contributed by atoms with Crippen LogP contribution in [-0.2, 0) is 0 Å². The van der Waals surface area contributed by atoms with Crippen LogP contribution in [0, 0.1) is 0 Å². The van der Waals surface area contributed by atoms with Crippen molar-refractivity contribution in [3.05, 3.63) is 41.5 Å². The molecule has 0 saturated heterocycles. The van der Waals surface area contributed by atoms with E-state index in [-0.39, 0.29) is 12.8 Å². The normalized spacial score (nSPS) is 19.7. The van der Waals surface area contributed by atoms with Crippen LogP contribution >= 0.6 is 0 Å². The second-order valence-electron chi connectivity index (χ2n) is 6.84. The highest BCUT2D eigenvalue weighted by Gasteiger charge is 2.29. The smallest absolute Gasteiger partial charge is 0.231 e. The monoisotopic (exact) mass is 352 g/mol. The summed E-state index contributed by atoms with van der Waals surface area (Å²) in [5.41, 5.74) is 3.26. The van der Waals surface area contributed by atoms with Gasteiger partial charge in [0, 0.05) is 17.7 Å². The lowest BCUT2D eigenvalue weighted by Crippen LogP contribution is -2.33. The number of hydrogen-bond acceptors (Lipinski definition) is 6. The van der Waals surface area contributed by atoms with Gasteiger partial charge in [0.2, 0.25) is 6.79 Å². The molecule has 0 spiro atoms. The van der Waals surface area contributed by atoms with Gasteiger partial charge in [0.05, 0.1) is 12.0 Å². The molecule has 2 aromatic carbocycles. The third-order valence-corrected chi connectivity index (χ3v) is 4.87. The van der Waals surface area contributed by atoms with Crippen molar-refractivity contribution in [2.45, 2.75) is 25.9 Å². The molecular weight excluding hydrogens is 332 g/mol. The van der Waals surface area contributed by atoms with Crippen LogP contribution in [-0.4, -0.2) is 32.4 Å². The van der Waals surface area contributed by atoms with E-state index in [1.54, 1.807) is 0 Å². The fraction of sp³-hybridized carbons (Fsp3) is 0.350. The lowest BCUT2D eigenvalue weighted by Gasteiger charge is -2.33. The van der Waals surface area contributed by atoms with Gasteiger partial charge in [-0.2, -0.15) is 0 Å². The van der Waals surface area contributed by atoms with Crippen LogP contribution in [0.25, 0.3) is 0 Å². The van der Waals surface area contributed by atoms with Crippen molar-refractivity contribution >= 4 is 12.0 Å². The Balaban J connectivity index is 1.62. The van der Waals surface area contributed by atoms with E-state index in [2.05, 4.69) is 24.8 Å². The van der Waals surface area contributed by atoms with Crippen LogP contribution in [0.15, 0.2) is 35.3 Å². The topological polar surface area (TPSA) is 52.5 Å². The molecule has 6 nitrogen and oxygen atoms in total. The standard InChI is InChI=1S/C20H20N2O4/c1-12(2)22-10-21-20(13-3-4-16-17(7-13)24-6-5-23-16)14-8-18-19(9-15(14)22)26-11-25-18/h3-4,7-10,12,20H,5-6,11H2,1-2H3. The molecular formula is C20H20N2O4. The number of aliphatic imine (C=N–C) groups is 1. The predicted octanol–water partition coefficient (Wildman–Crippen LogP) is 3.53. The minimum atomic E-state index is -0.120.